The lowest BCUT2D eigenvalue weighted by Gasteiger charge is -2.23. The Morgan fingerprint density at radius 2 is 1.83 bits per heavy atom. The lowest BCUT2D eigenvalue weighted by Crippen LogP contribution is -2.36. The van der Waals surface area contributed by atoms with Gasteiger partial charge in [0.05, 0.1) is 17.1 Å². The summed E-state index contributed by atoms with van der Waals surface area (Å²) in [5.74, 6) is 0. The fourth-order valence-corrected chi connectivity index (χ4v) is 5.13. The van der Waals surface area contributed by atoms with Gasteiger partial charge in [-0.3, -0.25) is 4.31 Å². The fourth-order valence-electron chi connectivity index (χ4n) is 3.19. The lowest BCUT2D eigenvalue weighted by atomic mass is 10.3. The Hall–Kier alpha value is -2.84. The highest BCUT2D eigenvalue weighted by Crippen LogP contribution is 2.30. The highest BCUT2D eigenvalue weighted by atomic mass is 32.2. The number of rotatable bonds is 7. The molecule has 30 heavy (non-hydrogen) atoms. The third kappa shape index (κ3) is 4.49. The van der Waals surface area contributed by atoms with Gasteiger partial charge in [0.15, 0.2) is 0 Å². The molecule has 0 bridgehead atoms. The minimum atomic E-state index is -3.75. The van der Waals surface area contributed by atoms with E-state index in [2.05, 4.69) is 5.32 Å². The van der Waals surface area contributed by atoms with Gasteiger partial charge in [-0.2, -0.15) is 0 Å². The molecule has 1 heterocycles. The van der Waals surface area contributed by atoms with Crippen LogP contribution in [0.15, 0.2) is 77.0 Å². The molecule has 0 aliphatic heterocycles. The second kappa shape index (κ2) is 8.49. The van der Waals surface area contributed by atoms with Crippen LogP contribution in [0.3, 0.4) is 0 Å². The molecule has 4 rings (SSSR count). The summed E-state index contributed by atoms with van der Waals surface area (Å²) in [6.45, 7) is 0.558. The molecule has 6 nitrogen and oxygen atoms in total. The smallest absolute Gasteiger partial charge is 0.316 e. The second-order valence-electron chi connectivity index (χ2n) is 7.20. The normalized spacial score (nSPS) is 13.6. The van der Waals surface area contributed by atoms with Gasteiger partial charge in [0.2, 0.25) is 0 Å². The van der Waals surface area contributed by atoms with Crippen molar-refractivity contribution in [2.24, 2.45) is 0 Å². The zero-order chi connectivity index (χ0) is 21.1. The van der Waals surface area contributed by atoms with E-state index in [1.807, 2.05) is 28.5 Å². The number of para-hydroxylation sites is 1. The SMILES string of the molecule is CN(c1ccccc1)S(=O)(=O)c1cccc(NC(=O)N(Cc2cccs2)C2CC2)c1. The third-order valence-corrected chi connectivity index (χ3v) is 7.66. The van der Waals surface area contributed by atoms with E-state index in [9.17, 15) is 13.2 Å². The number of urea groups is 1. The monoisotopic (exact) mass is 441 g/mol. The van der Waals surface area contributed by atoms with Gasteiger partial charge >= 0.3 is 6.03 Å². The Morgan fingerprint density at radius 3 is 2.50 bits per heavy atom. The molecule has 1 aliphatic carbocycles. The van der Waals surface area contributed by atoms with Gasteiger partial charge in [0, 0.05) is 23.7 Å². The van der Waals surface area contributed by atoms with Crippen LogP contribution in [0.25, 0.3) is 0 Å². The van der Waals surface area contributed by atoms with E-state index in [4.69, 9.17) is 0 Å². The molecule has 0 saturated heterocycles. The summed E-state index contributed by atoms with van der Waals surface area (Å²) in [7, 11) is -2.23. The maximum Gasteiger partial charge on any atom is 0.322 e. The molecular formula is C22H23N3O3S2. The molecule has 156 valence electrons. The van der Waals surface area contributed by atoms with Crippen molar-refractivity contribution < 1.29 is 13.2 Å². The molecule has 1 fully saturated rings. The average molecular weight is 442 g/mol. The Labute approximate surface area is 180 Å². The maximum absolute atomic E-state index is 13.0. The molecule has 8 heteroatoms. The Kier molecular flexibility index (Phi) is 5.78. The van der Waals surface area contributed by atoms with Crippen molar-refractivity contribution >= 4 is 38.8 Å². The summed E-state index contributed by atoms with van der Waals surface area (Å²) in [5, 5.41) is 4.87. The fraction of sp³-hybridized carbons (Fsp3) is 0.227. The van der Waals surface area contributed by atoms with Crippen LogP contribution in [0.5, 0.6) is 0 Å². The van der Waals surface area contributed by atoms with E-state index >= 15 is 0 Å². The van der Waals surface area contributed by atoms with Crippen LogP contribution in [0.4, 0.5) is 16.2 Å². The minimum absolute atomic E-state index is 0.128. The molecule has 0 radical (unpaired) electrons. The number of benzene rings is 2. The van der Waals surface area contributed by atoms with Crippen LogP contribution >= 0.6 is 11.3 Å². The molecule has 2 aromatic carbocycles. The summed E-state index contributed by atoms with van der Waals surface area (Å²) in [4.78, 5) is 16.0. The molecule has 0 spiro atoms. The van der Waals surface area contributed by atoms with Crippen LogP contribution in [-0.4, -0.2) is 32.4 Å². The number of nitrogens with one attached hydrogen (secondary N) is 1. The summed E-state index contributed by atoms with van der Waals surface area (Å²) in [6, 6.07) is 19.3. The van der Waals surface area contributed by atoms with Gasteiger partial charge in [0.25, 0.3) is 10.0 Å². The quantitative estimate of drug-likeness (QED) is 0.574. The van der Waals surface area contributed by atoms with Crippen molar-refractivity contribution in [1.82, 2.24) is 4.90 Å². The largest absolute Gasteiger partial charge is 0.322 e. The van der Waals surface area contributed by atoms with Gasteiger partial charge in [-0.05, 0) is 54.6 Å². The number of amides is 2. The molecule has 1 N–H and O–H groups in total. The number of nitrogens with zero attached hydrogens (tertiary/aromatic N) is 2. The van der Waals surface area contributed by atoms with Gasteiger partial charge < -0.3 is 10.2 Å². The van der Waals surface area contributed by atoms with Crippen molar-refractivity contribution in [3.63, 3.8) is 0 Å². The third-order valence-electron chi connectivity index (χ3n) is 5.02. The lowest BCUT2D eigenvalue weighted by molar-refractivity contribution is 0.206. The average Bonchev–Trinajstić information content (AvgIpc) is 3.47. The van der Waals surface area contributed by atoms with Crippen LogP contribution < -0.4 is 9.62 Å². The topological polar surface area (TPSA) is 69.7 Å². The molecule has 0 unspecified atom stereocenters. The molecular weight excluding hydrogens is 418 g/mol. The van der Waals surface area contributed by atoms with Crippen LogP contribution in [0.2, 0.25) is 0 Å². The Balaban J connectivity index is 1.52. The van der Waals surface area contributed by atoms with E-state index in [-0.39, 0.29) is 17.0 Å². The number of sulfonamides is 1. The van der Waals surface area contributed by atoms with Crippen LogP contribution in [0.1, 0.15) is 17.7 Å². The van der Waals surface area contributed by atoms with Gasteiger partial charge in [-0.1, -0.05) is 30.3 Å². The van der Waals surface area contributed by atoms with Gasteiger partial charge in [0.1, 0.15) is 0 Å². The van der Waals surface area contributed by atoms with Crippen molar-refractivity contribution in [3.05, 3.63) is 77.0 Å². The zero-order valence-electron chi connectivity index (χ0n) is 16.6. The first-order chi connectivity index (χ1) is 14.4. The van der Waals surface area contributed by atoms with Crippen molar-refractivity contribution in [2.75, 3.05) is 16.7 Å². The zero-order valence-corrected chi connectivity index (χ0v) is 18.2. The van der Waals surface area contributed by atoms with E-state index < -0.39 is 10.0 Å². The van der Waals surface area contributed by atoms with E-state index in [0.717, 1.165) is 17.7 Å². The molecule has 0 atom stereocenters. The van der Waals surface area contributed by atoms with Crippen molar-refractivity contribution in [2.45, 2.75) is 30.3 Å². The highest BCUT2D eigenvalue weighted by molar-refractivity contribution is 7.92. The molecule has 2 amide bonds. The molecule has 1 aromatic heterocycles. The van der Waals surface area contributed by atoms with Gasteiger partial charge in [-0.15, -0.1) is 11.3 Å². The van der Waals surface area contributed by atoms with Crippen LogP contribution in [-0.2, 0) is 16.6 Å². The first kappa shape index (κ1) is 20.4. The molecule has 1 saturated carbocycles. The standard InChI is InChI=1S/C22H23N3O3S2/c1-24(18-8-3-2-4-9-18)30(27,28)21-11-5-7-17(15-21)23-22(26)25(19-12-13-19)16-20-10-6-14-29-20/h2-11,14-15,19H,12-13,16H2,1H3,(H,23,26). The maximum atomic E-state index is 13.0. The van der Waals surface area contributed by atoms with E-state index in [0.29, 0.717) is 17.9 Å². The number of hydrogen-bond acceptors (Lipinski definition) is 4. The van der Waals surface area contributed by atoms with Crippen molar-refractivity contribution in [3.8, 4) is 0 Å². The number of anilines is 2. The number of carbonyl (C=O) groups is 1. The highest BCUT2D eigenvalue weighted by Gasteiger charge is 2.33. The van der Waals surface area contributed by atoms with Crippen LogP contribution in [0, 0.1) is 0 Å². The summed E-state index contributed by atoms with van der Waals surface area (Å²) in [5.41, 5.74) is 1.03. The predicted molar refractivity (Wildman–Crippen MR) is 120 cm³/mol. The van der Waals surface area contributed by atoms with Gasteiger partial charge in [-0.25, -0.2) is 13.2 Å². The summed E-state index contributed by atoms with van der Waals surface area (Å²) < 4.78 is 27.3. The summed E-state index contributed by atoms with van der Waals surface area (Å²) in [6.07, 6.45) is 1.99. The Bertz CT molecular complexity index is 1110. The first-order valence-corrected chi connectivity index (χ1v) is 12.0. The first-order valence-electron chi connectivity index (χ1n) is 9.69. The number of hydrogen-bond donors (Lipinski definition) is 1. The summed E-state index contributed by atoms with van der Waals surface area (Å²) >= 11 is 1.62. The van der Waals surface area contributed by atoms with E-state index in [1.165, 1.54) is 23.5 Å². The number of thiophene rings is 1. The van der Waals surface area contributed by atoms with Crippen molar-refractivity contribution in [1.29, 1.82) is 0 Å². The number of carbonyl (C=O) groups excluding carboxylic acids is 1. The minimum Gasteiger partial charge on any atom is -0.316 e. The Morgan fingerprint density at radius 1 is 1.07 bits per heavy atom. The predicted octanol–water partition coefficient (Wildman–Crippen LogP) is 4.77. The molecule has 1 aliphatic rings. The molecule has 3 aromatic rings. The second-order valence-corrected chi connectivity index (χ2v) is 10.2. The van der Waals surface area contributed by atoms with E-state index in [1.54, 1.807) is 47.7 Å².